The minimum absolute atomic E-state index is 0.183. The number of nitrogens with one attached hydrogen (secondary N) is 2. The van der Waals surface area contributed by atoms with Crippen molar-refractivity contribution in [1.82, 2.24) is 19.9 Å². The van der Waals surface area contributed by atoms with E-state index in [2.05, 4.69) is 15.6 Å². The molecular weight excluding hydrogens is 500 g/mol. The van der Waals surface area contributed by atoms with Crippen molar-refractivity contribution >= 4 is 43.2 Å². The predicted octanol–water partition coefficient (Wildman–Crippen LogP) is 2.60. The summed E-state index contributed by atoms with van der Waals surface area (Å²) in [5.41, 5.74) is 4.05. The molecule has 10 nitrogen and oxygen atoms in total. The van der Waals surface area contributed by atoms with Crippen LogP contribution < -0.4 is 10.6 Å². The van der Waals surface area contributed by atoms with Gasteiger partial charge in [0.1, 0.15) is 32.3 Å². The lowest BCUT2D eigenvalue weighted by Crippen LogP contribution is -2.36. The van der Waals surface area contributed by atoms with Crippen LogP contribution >= 0.6 is 11.3 Å². The molecule has 2 saturated carbocycles. The number of hydrogen-bond acceptors (Lipinski definition) is 11. The second-order valence-electron chi connectivity index (χ2n) is 10.2. The van der Waals surface area contributed by atoms with Crippen LogP contribution in [0.25, 0.3) is 20.8 Å². The van der Waals surface area contributed by atoms with Crippen LogP contribution in [-0.2, 0) is 9.84 Å². The number of sulfone groups is 1. The number of hydrogen-bond donors (Lipinski definition) is 4. The summed E-state index contributed by atoms with van der Waals surface area (Å²) in [6.07, 6.45) is 2.47. The summed E-state index contributed by atoms with van der Waals surface area (Å²) in [5.74, 6) is 0.253. The quantitative estimate of drug-likeness (QED) is 0.357. The Labute approximate surface area is 214 Å². The fraction of sp³-hybridized carbons (Fsp3) is 0.583. The molecule has 0 aromatic carbocycles. The van der Waals surface area contributed by atoms with Crippen molar-refractivity contribution in [3.05, 3.63) is 23.1 Å². The van der Waals surface area contributed by atoms with Crippen LogP contribution in [0.5, 0.6) is 0 Å². The van der Waals surface area contributed by atoms with Gasteiger partial charge in [-0.05, 0) is 52.5 Å². The lowest BCUT2D eigenvalue weighted by Gasteiger charge is -2.27. The molecule has 3 aromatic heterocycles. The van der Waals surface area contributed by atoms with Crippen LogP contribution in [0.1, 0.15) is 42.8 Å². The van der Waals surface area contributed by atoms with Gasteiger partial charge >= 0.3 is 0 Å². The second-order valence-corrected chi connectivity index (χ2v) is 13.4. The molecule has 0 radical (unpaired) electrons. The molecule has 194 valence electrons. The molecule has 4 N–H and O–H groups in total. The van der Waals surface area contributed by atoms with Crippen LogP contribution in [0.3, 0.4) is 0 Å². The van der Waals surface area contributed by atoms with E-state index in [0.29, 0.717) is 24.2 Å². The second kappa shape index (κ2) is 9.47. The van der Waals surface area contributed by atoms with E-state index in [4.69, 9.17) is 15.0 Å². The van der Waals surface area contributed by atoms with Gasteiger partial charge in [-0.3, -0.25) is 4.98 Å². The van der Waals surface area contributed by atoms with Crippen LogP contribution in [0.2, 0.25) is 0 Å². The maximum atomic E-state index is 11.9. The number of anilines is 2. The Morgan fingerprint density at radius 3 is 2.44 bits per heavy atom. The first kappa shape index (κ1) is 25.2. The highest BCUT2D eigenvalue weighted by Gasteiger charge is 2.43. The number of aromatic nitrogens is 4. The number of nitrogens with zero attached hydrogens (tertiary/aromatic N) is 4. The molecule has 0 aliphatic heterocycles. The Balaban J connectivity index is 1.54. The maximum absolute atomic E-state index is 11.9. The van der Waals surface area contributed by atoms with E-state index < -0.39 is 34.0 Å². The van der Waals surface area contributed by atoms with E-state index in [9.17, 15) is 18.6 Å². The lowest BCUT2D eigenvalue weighted by atomic mass is 9.93. The maximum Gasteiger partial charge on any atom is 0.225 e. The van der Waals surface area contributed by atoms with Crippen LogP contribution in [0.4, 0.5) is 11.8 Å². The number of fused-ring (bicyclic) bond motifs is 1. The van der Waals surface area contributed by atoms with Gasteiger partial charge in [0.15, 0.2) is 0 Å². The number of pyridine rings is 1. The summed E-state index contributed by atoms with van der Waals surface area (Å²) in [4.78, 5) is 18.9. The zero-order valence-corrected chi connectivity index (χ0v) is 22.4. The monoisotopic (exact) mass is 532 g/mol. The molecular formula is C24H32N6O4S2. The van der Waals surface area contributed by atoms with Gasteiger partial charge in [-0.1, -0.05) is 0 Å². The van der Waals surface area contributed by atoms with Crippen molar-refractivity contribution in [2.24, 2.45) is 5.92 Å². The van der Waals surface area contributed by atoms with E-state index >= 15 is 0 Å². The van der Waals surface area contributed by atoms with Crippen LogP contribution in [0.15, 0.2) is 6.07 Å². The lowest BCUT2D eigenvalue weighted by molar-refractivity contribution is 0.0216. The van der Waals surface area contributed by atoms with Crippen molar-refractivity contribution in [1.29, 1.82) is 0 Å². The highest BCUT2D eigenvalue weighted by Crippen LogP contribution is 2.39. The smallest absolute Gasteiger partial charge is 0.225 e. The van der Waals surface area contributed by atoms with E-state index in [1.165, 1.54) is 17.8 Å². The molecule has 36 heavy (non-hydrogen) atoms. The highest BCUT2D eigenvalue weighted by molar-refractivity contribution is 7.90. The van der Waals surface area contributed by atoms with Gasteiger partial charge in [-0.25, -0.2) is 18.4 Å². The van der Waals surface area contributed by atoms with Crippen LogP contribution in [0, 0.1) is 26.7 Å². The molecule has 0 bridgehead atoms. The number of aliphatic hydroxyl groups excluding tert-OH is 2. The van der Waals surface area contributed by atoms with Crippen molar-refractivity contribution < 1.29 is 18.6 Å². The number of rotatable bonds is 7. The van der Waals surface area contributed by atoms with E-state index in [1.54, 1.807) is 0 Å². The molecule has 0 saturated heterocycles. The summed E-state index contributed by atoms with van der Waals surface area (Å²) >= 11 is 1.53. The van der Waals surface area contributed by atoms with Gasteiger partial charge in [-0.15, -0.1) is 11.3 Å². The topological polar surface area (TPSA) is 150 Å². The van der Waals surface area contributed by atoms with Crippen molar-refractivity contribution in [3.63, 3.8) is 0 Å². The third kappa shape index (κ3) is 5.04. The molecule has 3 heterocycles. The molecule has 4 atom stereocenters. The zero-order valence-electron chi connectivity index (χ0n) is 20.8. The average molecular weight is 533 g/mol. The molecule has 2 aliphatic rings. The zero-order chi connectivity index (χ0) is 25.8. The SMILES string of the molecule is Cc1cc2sc(-c3c(C)nc(NC4CCC4)nc3NC3CC(CS(C)(=O)=O)C(O)C3O)nc2c(C)n1. The molecule has 12 heteroatoms. The molecule has 0 spiro atoms. The molecule has 5 rings (SSSR count). The Hall–Kier alpha value is -2.41. The largest absolute Gasteiger partial charge is 0.390 e. The molecule has 2 aliphatic carbocycles. The van der Waals surface area contributed by atoms with Gasteiger partial charge < -0.3 is 20.8 Å². The molecule has 0 amide bonds. The minimum atomic E-state index is -3.31. The van der Waals surface area contributed by atoms with Crippen molar-refractivity contribution in [2.75, 3.05) is 22.6 Å². The van der Waals surface area contributed by atoms with Gasteiger partial charge in [0.05, 0.1) is 39.5 Å². The Kier molecular flexibility index (Phi) is 6.64. The summed E-state index contributed by atoms with van der Waals surface area (Å²) in [5, 5.41) is 28.8. The van der Waals surface area contributed by atoms with Crippen LogP contribution in [-0.4, -0.2) is 74.9 Å². The van der Waals surface area contributed by atoms with Gasteiger partial charge in [0.25, 0.3) is 0 Å². The first-order valence-corrected chi connectivity index (χ1v) is 15.1. The molecule has 2 fully saturated rings. The Bertz CT molecular complexity index is 1410. The first-order chi connectivity index (χ1) is 17.0. The first-order valence-electron chi connectivity index (χ1n) is 12.2. The summed E-state index contributed by atoms with van der Waals surface area (Å²) < 4.78 is 24.7. The Morgan fingerprint density at radius 2 is 1.78 bits per heavy atom. The van der Waals surface area contributed by atoms with Crippen molar-refractivity contribution in [2.45, 2.75) is 70.7 Å². The minimum Gasteiger partial charge on any atom is -0.390 e. The van der Waals surface area contributed by atoms with Gasteiger partial charge in [-0.2, -0.15) is 4.98 Å². The fourth-order valence-corrected chi connectivity index (χ4v) is 7.39. The van der Waals surface area contributed by atoms with Gasteiger partial charge in [0.2, 0.25) is 5.95 Å². The molecule has 3 aromatic rings. The Morgan fingerprint density at radius 1 is 1.03 bits per heavy atom. The normalized spacial score (nSPS) is 24.7. The third-order valence-electron chi connectivity index (χ3n) is 7.06. The van der Waals surface area contributed by atoms with E-state index in [0.717, 1.165) is 57.0 Å². The fourth-order valence-electron chi connectivity index (χ4n) is 5.07. The average Bonchev–Trinajstić information content (AvgIpc) is 3.26. The third-order valence-corrected chi connectivity index (χ3v) is 9.12. The highest BCUT2D eigenvalue weighted by atomic mass is 32.2. The van der Waals surface area contributed by atoms with E-state index in [-0.39, 0.29) is 5.75 Å². The van der Waals surface area contributed by atoms with E-state index in [1.807, 2.05) is 26.8 Å². The number of thiazole rings is 1. The predicted molar refractivity (Wildman–Crippen MR) is 141 cm³/mol. The number of aryl methyl sites for hydroxylation is 3. The summed E-state index contributed by atoms with van der Waals surface area (Å²) in [6.45, 7) is 5.79. The standard InChI is InChI=1S/C24H32N6O4S2/c1-11-8-17-19(13(3)25-11)29-23(35-17)18-12(2)26-24(27-15-6-5-7-15)30-22(18)28-16-9-14(10-36(4,33)34)20(31)21(16)32/h8,14-16,20-21,31-32H,5-7,9-10H2,1-4H3,(H2,26,27,28,30). The molecule has 4 unspecified atom stereocenters. The summed E-state index contributed by atoms with van der Waals surface area (Å²) in [7, 11) is -3.31. The number of aliphatic hydroxyl groups is 2. The van der Waals surface area contributed by atoms with Crippen molar-refractivity contribution in [3.8, 4) is 10.6 Å². The summed E-state index contributed by atoms with van der Waals surface area (Å²) in [6, 6.07) is 1.77. The van der Waals surface area contributed by atoms with Gasteiger partial charge in [0, 0.05) is 23.9 Å².